The van der Waals surface area contributed by atoms with Crippen LogP contribution >= 0.6 is 0 Å². The molecule has 2 aliphatic rings. The van der Waals surface area contributed by atoms with Gasteiger partial charge in [0.2, 0.25) is 0 Å². The lowest BCUT2D eigenvalue weighted by atomic mass is 9.77. The van der Waals surface area contributed by atoms with Gasteiger partial charge in [0.1, 0.15) is 0 Å². The fourth-order valence-corrected chi connectivity index (χ4v) is 3.49. The zero-order valence-corrected chi connectivity index (χ0v) is 11.6. The SMILES string of the molecule is CCCNC(C1CC1)C1(OCC)CCCCC1. The largest absolute Gasteiger partial charge is 0.374 e. The molecule has 1 unspecified atom stereocenters. The molecule has 2 aliphatic carbocycles. The predicted octanol–water partition coefficient (Wildman–Crippen LogP) is 3.50. The van der Waals surface area contributed by atoms with Crippen LogP contribution in [0.1, 0.15) is 65.2 Å². The second-order valence-electron chi connectivity index (χ2n) is 5.83. The summed E-state index contributed by atoms with van der Waals surface area (Å²) in [5.74, 6) is 0.895. The summed E-state index contributed by atoms with van der Waals surface area (Å²) in [6.45, 7) is 6.43. The van der Waals surface area contributed by atoms with E-state index in [9.17, 15) is 0 Å². The molecule has 2 nitrogen and oxygen atoms in total. The van der Waals surface area contributed by atoms with Crippen molar-refractivity contribution in [3.05, 3.63) is 0 Å². The second-order valence-corrected chi connectivity index (χ2v) is 5.83. The summed E-state index contributed by atoms with van der Waals surface area (Å²) in [6, 6.07) is 0.628. The molecule has 2 rings (SSSR count). The van der Waals surface area contributed by atoms with Crippen LogP contribution in [0.3, 0.4) is 0 Å². The van der Waals surface area contributed by atoms with E-state index in [0.29, 0.717) is 6.04 Å². The van der Waals surface area contributed by atoms with E-state index in [1.54, 1.807) is 0 Å². The molecule has 17 heavy (non-hydrogen) atoms. The number of hydrogen-bond acceptors (Lipinski definition) is 2. The molecule has 0 spiro atoms. The fraction of sp³-hybridized carbons (Fsp3) is 1.00. The van der Waals surface area contributed by atoms with Gasteiger partial charge in [0.15, 0.2) is 0 Å². The van der Waals surface area contributed by atoms with Gasteiger partial charge in [-0.15, -0.1) is 0 Å². The zero-order valence-electron chi connectivity index (χ0n) is 11.6. The Hall–Kier alpha value is -0.0800. The maximum absolute atomic E-state index is 6.27. The Balaban J connectivity index is 2.03. The Kier molecular flexibility index (Phi) is 4.87. The highest BCUT2D eigenvalue weighted by Crippen LogP contribution is 2.44. The van der Waals surface area contributed by atoms with Gasteiger partial charge in [-0.2, -0.15) is 0 Å². The molecule has 0 saturated heterocycles. The van der Waals surface area contributed by atoms with Crippen LogP contribution in [0, 0.1) is 5.92 Å². The van der Waals surface area contributed by atoms with Crippen molar-refractivity contribution in [2.45, 2.75) is 76.9 Å². The molecule has 2 saturated carbocycles. The zero-order chi connectivity index (χ0) is 12.1. The van der Waals surface area contributed by atoms with Crippen LogP contribution in [0.4, 0.5) is 0 Å². The van der Waals surface area contributed by atoms with E-state index in [0.717, 1.165) is 19.1 Å². The van der Waals surface area contributed by atoms with Gasteiger partial charge in [0.05, 0.1) is 5.60 Å². The quantitative estimate of drug-likeness (QED) is 0.734. The third-order valence-corrected chi connectivity index (χ3v) is 4.41. The average Bonchev–Trinajstić information content (AvgIpc) is 3.15. The Morgan fingerprint density at radius 3 is 2.41 bits per heavy atom. The third-order valence-electron chi connectivity index (χ3n) is 4.41. The Labute approximate surface area is 107 Å². The number of rotatable bonds is 7. The van der Waals surface area contributed by atoms with Gasteiger partial charge in [-0.3, -0.25) is 0 Å². The van der Waals surface area contributed by atoms with Crippen LogP contribution < -0.4 is 5.32 Å². The van der Waals surface area contributed by atoms with Gasteiger partial charge in [0, 0.05) is 12.6 Å². The molecule has 0 bridgehead atoms. The molecule has 0 radical (unpaired) electrons. The van der Waals surface area contributed by atoms with E-state index in [-0.39, 0.29) is 5.60 Å². The molecule has 0 aromatic carbocycles. The molecule has 2 heteroatoms. The summed E-state index contributed by atoms with van der Waals surface area (Å²) in [5.41, 5.74) is 0.170. The van der Waals surface area contributed by atoms with E-state index in [4.69, 9.17) is 4.74 Å². The molecular formula is C15H29NO. The minimum atomic E-state index is 0.170. The van der Waals surface area contributed by atoms with Crippen molar-refractivity contribution in [3.63, 3.8) is 0 Å². The Morgan fingerprint density at radius 1 is 1.18 bits per heavy atom. The van der Waals surface area contributed by atoms with Crippen LogP contribution in [0.25, 0.3) is 0 Å². The van der Waals surface area contributed by atoms with Crippen LogP contribution in [0.15, 0.2) is 0 Å². The lowest BCUT2D eigenvalue weighted by Crippen LogP contribution is -2.55. The number of ether oxygens (including phenoxy) is 1. The molecule has 0 amide bonds. The third kappa shape index (κ3) is 3.23. The van der Waals surface area contributed by atoms with Crippen molar-refractivity contribution < 1.29 is 4.74 Å². The molecule has 1 atom stereocenters. The lowest BCUT2D eigenvalue weighted by molar-refractivity contribution is -0.0945. The smallest absolute Gasteiger partial charge is 0.0837 e. The summed E-state index contributed by atoms with van der Waals surface area (Å²) in [7, 11) is 0. The molecule has 100 valence electrons. The molecule has 1 N–H and O–H groups in total. The van der Waals surface area contributed by atoms with Crippen molar-refractivity contribution in [3.8, 4) is 0 Å². The highest BCUT2D eigenvalue weighted by Gasteiger charge is 2.47. The standard InChI is InChI=1S/C15H29NO/c1-3-12-16-14(13-8-9-13)15(17-4-2)10-6-5-7-11-15/h13-14,16H,3-12H2,1-2H3. The number of nitrogens with one attached hydrogen (secondary N) is 1. The summed E-state index contributed by atoms with van der Waals surface area (Å²) >= 11 is 0. The lowest BCUT2D eigenvalue weighted by Gasteiger charge is -2.44. The topological polar surface area (TPSA) is 21.3 Å². The minimum absolute atomic E-state index is 0.170. The Bertz CT molecular complexity index is 213. The van der Waals surface area contributed by atoms with Gasteiger partial charge in [-0.05, 0) is 51.5 Å². The first kappa shape index (κ1) is 13.4. The first-order chi connectivity index (χ1) is 8.32. The van der Waals surface area contributed by atoms with E-state index in [1.165, 1.54) is 51.4 Å². The summed E-state index contributed by atoms with van der Waals surface area (Å²) in [4.78, 5) is 0. The normalized spacial score (nSPS) is 25.8. The van der Waals surface area contributed by atoms with Crippen molar-refractivity contribution in [2.75, 3.05) is 13.2 Å². The maximum Gasteiger partial charge on any atom is 0.0837 e. The predicted molar refractivity (Wildman–Crippen MR) is 72.2 cm³/mol. The second kappa shape index (κ2) is 6.19. The highest BCUT2D eigenvalue weighted by molar-refractivity contribution is 5.02. The van der Waals surface area contributed by atoms with Crippen LogP contribution in [0.5, 0.6) is 0 Å². The Morgan fingerprint density at radius 2 is 1.88 bits per heavy atom. The summed E-state index contributed by atoms with van der Waals surface area (Å²) < 4.78 is 6.27. The molecule has 0 heterocycles. The van der Waals surface area contributed by atoms with E-state index < -0.39 is 0 Å². The molecule has 0 aliphatic heterocycles. The van der Waals surface area contributed by atoms with Gasteiger partial charge in [-0.25, -0.2) is 0 Å². The van der Waals surface area contributed by atoms with Crippen LogP contribution in [-0.4, -0.2) is 24.8 Å². The van der Waals surface area contributed by atoms with Gasteiger partial charge >= 0.3 is 0 Å². The first-order valence-corrected chi connectivity index (χ1v) is 7.69. The fourth-order valence-electron chi connectivity index (χ4n) is 3.49. The van der Waals surface area contributed by atoms with Gasteiger partial charge < -0.3 is 10.1 Å². The minimum Gasteiger partial charge on any atom is -0.374 e. The summed E-state index contributed by atoms with van der Waals surface area (Å²) in [5, 5.41) is 3.80. The van der Waals surface area contributed by atoms with Crippen molar-refractivity contribution in [1.29, 1.82) is 0 Å². The van der Waals surface area contributed by atoms with E-state index in [2.05, 4.69) is 19.2 Å². The number of hydrogen-bond donors (Lipinski definition) is 1. The average molecular weight is 239 g/mol. The maximum atomic E-state index is 6.27. The first-order valence-electron chi connectivity index (χ1n) is 7.69. The van der Waals surface area contributed by atoms with Crippen molar-refractivity contribution in [2.24, 2.45) is 5.92 Å². The molecule has 0 aromatic heterocycles. The van der Waals surface area contributed by atoms with Crippen LogP contribution in [-0.2, 0) is 4.74 Å². The highest BCUT2D eigenvalue weighted by atomic mass is 16.5. The van der Waals surface area contributed by atoms with E-state index in [1.807, 2.05) is 0 Å². The molecule has 2 fully saturated rings. The monoisotopic (exact) mass is 239 g/mol. The van der Waals surface area contributed by atoms with Gasteiger partial charge in [0.25, 0.3) is 0 Å². The summed E-state index contributed by atoms with van der Waals surface area (Å²) in [6.07, 6.45) is 10.7. The van der Waals surface area contributed by atoms with Gasteiger partial charge in [-0.1, -0.05) is 26.2 Å². The van der Waals surface area contributed by atoms with Crippen molar-refractivity contribution >= 4 is 0 Å². The molecule has 0 aromatic rings. The van der Waals surface area contributed by atoms with E-state index >= 15 is 0 Å². The molecular weight excluding hydrogens is 210 g/mol. The van der Waals surface area contributed by atoms with Crippen LogP contribution in [0.2, 0.25) is 0 Å². The van der Waals surface area contributed by atoms with Crippen molar-refractivity contribution in [1.82, 2.24) is 5.32 Å².